The van der Waals surface area contributed by atoms with E-state index in [0.29, 0.717) is 11.3 Å². The molecule has 0 saturated heterocycles. The largest absolute Gasteiger partial charge is 0.398 e. The summed E-state index contributed by atoms with van der Waals surface area (Å²) < 4.78 is 26.2. The van der Waals surface area contributed by atoms with Crippen LogP contribution in [0, 0.1) is 6.92 Å². The average molecular weight is 244 g/mol. The molecule has 0 fully saturated rings. The summed E-state index contributed by atoms with van der Waals surface area (Å²) in [5.41, 5.74) is 6.58. The quantitative estimate of drug-likeness (QED) is 0.661. The Bertz CT molecular complexity index is 471. The SMILES string of the molecule is Cc1c(N)cccc1S(=O)(=O)NC(C)CO. The maximum absolute atomic E-state index is 11.9. The van der Waals surface area contributed by atoms with E-state index < -0.39 is 16.1 Å². The Hall–Kier alpha value is -1.11. The molecule has 0 spiro atoms. The van der Waals surface area contributed by atoms with Crippen LogP contribution in [0.3, 0.4) is 0 Å². The van der Waals surface area contributed by atoms with Gasteiger partial charge in [-0.15, -0.1) is 0 Å². The van der Waals surface area contributed by atoms with Crippen molar-refractivity contribution in [3.63, 3.8) is 0 Å². The fourth-order valence-electron chi connectivity index (χ4n) is 1.29. The van der Waals surface area contributed by atoms with Crippen molar-refractivity contribution < 1.29 is 13.5 Å². The van der Waals surface area contributed by atoms with Crippen LogP contribution in [0.25, 0.3) is 0 Å². The predicted octanol–water partition coefficient (Wildman–Crippen LogP) is 0.236. The summed E-state index contributed by atoms with van der Waals surface area (Å²) in [6.45, 7) is 2.98. The molecule has 0 radical (unpaired) electrons. The number of anilines is 1. The zero-order valence-electron chi connectivity index (χ0n) is 9.27. The van der Waals surface area contributed by atoms with Crippen LogP contribution < -0.4 is 10.5 Å². The van der Waals surface area contributed by atoms with Crippen molar-refractivity contribution in [3.05, 3.63) is 23.8 Å². The molecule has 1 aromatic rings. The zero-order valence-corrected chi connectivity index (χ0v) is 10.1. The molecule has 1 atom stereocenters. The highest BCUT2D eigenvalue weighted by molar-refractivity contribution is 7.89. The van der Waals surface area contributed by atoms with Crippen molar-refractivity contribution in [3.8, 4) is 0 Å². The highest BCUT2D eigenvalue weighted by Crippen LogP contribution is 2.20. The Labute approximate surface area is 95.3 Å². The smallest absolute Gasteiger partial charge is 0.241 e. The van der Waals surface area contributed by atoms with E-state index >= 15 is 0 Å². The summed E-state index contributed by atoms with van der Waals surface area (Å²) in [7, 11) is -3.61. The topological polar surface area (TPSA) is 92.4 Å². The molecule has 0 amide bonds. The standard InChI is InChI=1S/C10H16N2O3S/c1-7(6-13)12-16(14,15)10-5-3-4-9(11)8(10)2/h3-5,7,12-13H,6,11H2,1-2H3. The lowest BCUT2D eigenvalue weighted by Crippen LogP contribution is -2.35. The Balaban J connectivity index is 3.13. The number of hydrogen-bond acceptors (Lipinski definition) is 4. The van der Waals surface area contributed by atoms with Gasteiger partial charge in [-0.1, -0.05) is 6.07 Å². The summed E-state index contributed by atoms with van der Waals surface area (Å²) in [4.78, 5) is 0.146. The molecule has 0 saturated carbocycles. The molecular formula is C10H16N2O3S. The molecule has 0 aromatic heterocycles. The molecule has 0 aliphatic heterocycles. The first-order chi connectivity index (χ1) is 7.38. The van der Waals surface area contributed by atoms with Gasteiger partial charge in [0, 0.05) is 11.7 Å². The van der Waals surface area contributed by atoms with Crippen LogP contribution in [0.15, 0.2) is 23.1 Å². The molecule has 0 bridgehead atoms. The summed E-state index contributed by atoms with van der Waals surface area (Å²) >= 11 is 0. The lowest BCUT2D eigenvalue weighted by atomic mass is 10.2. The molecule has 0 heterocycles. The van der Waals surface area contributed by atoms with Gasteiger partial charge in [-0.05, 0) is 31.5 Å². The third-order valence-electron chi connectivity index (χ3n) is 2.25. The van der Waals surface area contributed by atoms with Crippen molar-refractivity contribution >= 4 is 15.7 Å². The fraction of sp³-hybridized carbons (Fsp3) is 0.400. The molecule has 0 aliphatic rings. The molecule has 90 valence electrons. The Kier molecular flexibility index (Phi) is 3.90. The second-order valence-electron chi connectivity index (χ2n) is 3.68. The van der Waals surface area contributed by atoms with Gasteiger partial charge >= 0.3 is 0 Å². The summed E-state index contributed by atoms with van der Waals surface area (Å²) in [6.07, 6.45) is 0. The van der Waals surface area contributed by atoms with Gasteiger partial charge in [0.05, 0.1) is 11.5 Å². The van der Waals surface area contributed by atoms with E-state index in [1.165, 1.54) is 6.07 Å². The second kappa shape index (κ2) is 4.82. The zero-order chi connectivity index (χ0) is 12.3. The second-order valence-corrected chi connectivity index (χ2v) is 5.36. The van der Waals surface area contributed by atoms with Crippen molar-refractivity contribution in [1.82, 2.24) is 4.72 Å². The van der Waals surface area contributed by atoms with E-state index in [0.717, 1.165) is 0 Å². The Morgan fingerprint density at radius 3 is 2.69 bits per heavy atom. The summed E-state index contributed by atoms with van der Waals surface area (Å²) in [5.74, 6) is 0. The summed E-state index contributed by atoms with van der Waals surface area (Å²) in [6, 6.07) is 4.19. The first-order valence-corrected chi connectivity index (χ1v) is 6.35. The molecular weight excluding hydrogens is 228 g/mol. The molecule has 1 rings (SSSR count). The van der Waals surface area contributed by atoms with Gasteiger partial charge in [0.15, 0.2) is 0 Å². The van der Waals surface area contributed by atoms with Crippen LogP contribution >= 0.6 is 0 Å². The lowest BCUT2D eigenvalue weighted by Gasteiger charge is -2.14. The number of nitrogens with one attached hydrogen (secondary N) is 1. The minimum absolute atomic E-state index is 0.146. The highest BCUT2D eigenvalue weighted by Gasteiger charge is 2.19. The van der Waals surface area contributed by atoms with Crippen molar-refractivity contribution in [2.75, 3.05) is 12.3 Å². The molecule has 6 heteroatoms. The molecule has 1 unspecified atom stereocenters. The summed E-state index contributed by atoms with van der Waals surface area (Å²) in [5, 5.41) is 8.82. The number of sulfonamides is 1. The van der Waals surface area contributed by atoms with Crippen LogP contribution in [-0.2, 0) is 10.0 Å². The predicted molar refractivity (Wildman–Crippen MR) is 62.5 cm³/mol. The monoisotopic (exact) mass is 244 g/mol. The number of nitrogen functional groups attached to an aromatic ring is 1. The molecule has 5 nitrogen and oxygen atoms in total. The Morgan fingerprint density at radius 1 is 1.50 bits per heavy atom. The van der Waals surface area contributed by atoms with E-state index in [4.69, 9.17) is 10.8 Å². The number of hydrogen-bond donors (Lipinski definition) is 3. The van der Waals surface area contributed by atoms with E-state index in [9.17, 15) is 8.42 Å². The van der Waals surface area contributed by atoms with Gasteiger partial charge in [0.2, 0.25) is 10.0 Å². The van der Waals surface area contributed by atoms with Gasteiger partial charge in [-0.3, -0.25) is 0 Å². The number of benzene rings is 1. The normalized spacial score (nSPS) is 13.7. The number of aliphatic hydroxyl groups is 1. The number of nitrogens with two attached hydrogens (primary N) is 1. The van der Waals surface area contributed by atoms with E-state index in [1.807, 2.05) is 0 Å². The van der Waals surface area contributed by atoms with Crippen LogP contribution in [0.5, 0.6) is 0 Å². The minimum atomic E-state index is -3.61. The van der Waals surface area contributed by atoms with Crippen molar-refractivity contribution in [1.29, 1.82) is 0 Å². The molecule has 4 N–H and O–H groups in total. The van der Waals surface area contributed by atoms with E-state index in [1.54, 1.807) is 26.0 Å². The van der Waals surface area contributed by atoms with Gasteiger partial charge < -0.3 is 10.8 Å². The fourth-order valence-corrected chi connectivity index (χ4v) is 2.80. The van der Waals surface area contributed by atoms with Crippen LogP contribution in [0.2, 0.25) is 0 Å². The van der Waals surface area contributed by atoms with E-state index in [-0.39, 0.29) is 11.5 Å². The number of rotatable bonds is 4. The van der Waals surface area contributed by atoms with E-state index in [2.05, 4.69) is 4.72 Å². The van der Waals surface area contributed by atoms with Crippen LogP contribution in [0.4, 0.5) is 5.69 Å². The highest BCUT2D eigenvalue weighted by atomic mass is 32.2. The molecule has 0 aliphatic carbocycles. The van der Waals surface area contributed by atoms with Gasteiger partial charge in [-0.25, -0.2) is 13.1 Å². The molecule has 1 aromatic carbocycles. The van der Waals surface area contributed by atoms with Crippen molar-refractivity contribution in [2.24, 2.45) is 0 Å². The lowest BCUT2D eigenvalue weighted by molar-refractivity contribution is 0.265. The average Bonchev–Trinajstić information content (AvgIpc) is 2.21. The third kappa shape index (κ3) is 2.72. The first kappa shape index (κ1) is 13.0. The van der Waals surface area contributed by atoms with Crippen LogP contribution in [0.1, 0.15) is 12.5 Å². The first-order valence-electron chi connectivity index (χ1n) is 4.86. The number of aliphatic hydroxyl groups excluding tert-OH is 1. The van der Waals surface area contributed by atoms with Crippen LogP contribution in [-0.4, -0.2) is 26.2 Å². The van der Waals surface area contributed by atoms with Gasteiger partial charge in [0.1, 0.15) is 0 Å². The van der Waals surface area contributed by atoms with Gasteiger partial charge in [-0.2, -0.15) is 0 Å². The minimum Gasteiger partial charge on any atom is -0.398 e. The third-order valence-corrected chi connectivity index (χ3v) is 3.98. The maximum Gasteiger partial charge on any atom is 0.241 e. The van der Waals surface area contributed by atoms with Gasteiger partial charge in [0.25, 0.3) is 0 Å². The molecule has 16 heavy (non-hydrogen) atoms. The van der Waals surface area contributed by atoms with Crippen molar-refractivity contribution in [2.45, 2.75) is 24.8 Å². The Morgan fingerprint density at radius 2 is 2.12 bits per heavy atom. The maximum atomic E-state index is 11.9.